The first-order valence-corrected chi connectivity index (χ1v) is 5.92. The van der Waals surface area contributed by atoms with Gasteiger partial charge in [-0.2, -0.15) is 0 Å². The molecule has 1 aliphatic rings. The summed E-state index contributed by atoms with van der Waals surface area (Å²) >= 11 is 0. The number of hydrogen-bond donors (Lipinski definition) is 2. The van der Waals surface area contributed by atoms with Gasteiger partial charge in [-0.3, -0.25) is 9.59 Å². The van der Waals surface area contributed by atoms with Gasteiger partial charge in [0.2, 0.25) is 0 Å². The van der Waals surface area contributed by atoms with Crippen LogP contribution in [0.1, 0.15) is 36.0 Å². The van der Waals surface area contributed by atoms with E-state index in [0.29, 0.717) is 12.8 Å². The van der Waals surface area contributed by atoms with Crippen molar-refractivity contribution in [2.24, 2.45) is 0 Å². The minimum Gasteiger partial charge on any atom is -0.481 e. The summed E-state index contributed by atoms with van der Waals surface area (Å²) in [5, 5.41) is 11.3. The van der Waals surface area contributed by atoms with Crippen LogP contribution < -0.4 is 5.32 Å². The lowest BCUT2D eigenvalue weighted by molar-refractivity contribution is -0.139. The molecule has 1 aromatic carbocycles. The Morgan fingerprint density at radius 2 is 1.84 bits per heavy atom. The van der Waals surface area contributed by atoms with Gasteiger partial charge in [-0.1, -0.05) is 6.07 Å². The molecule has 1 saturated carbocycles. The molecule has 0 saturated heterocycles. The standard InChI is InChI=1S/C13H13F2NO3/c14-8-3-1-4-9(15)11(8)12(19)16-13(5-2-6-13)7-10(17)18/h1,3-4H,2,5-7H2,(H,16,19)(H,17,18). The SMILES string of the molecule is O=C(O)CC1(NC(=O)c2c(F)cccc2F)CCC1. The third-order valence-corrected chi connectivity index (χ3v) is 3.37. The van der Waals surface area contributed by atoms with Crippen molar-refractivity contribution >= 4 is 11.9 Å². The number of carboxylic acid groups (broad SMARTS) is 1. The molecule has 0 aliphatic heterocycles. The van der Waals surface area contributed by atoms with E-state index in [1.165, 1.54) is 0 Å². The van der Waals surface area contributed by atoms with Crippen LogP contribution in [-0.4, -0.2) is 22.5 Å². The van der Waals surface area contributed by atoms with Gasteiger partial charge in [-0.05, 0) is 31.4 Å². The molecule has 1 aromatic rings. The Balaban J connectivity index is 2.19. The number of aliphatic carboxylic acids is 1. The molecule has 1 aliphatic carbocycles. The van der Waals surface area contributed by atoms with Gasteiger partial charge in [0, 0.05) is 0 Å². The van der Waals surface area contributed by atoms with Gasteiger partial charge >= 0.3 is 5.97 Å². The molecule has 102 valence electrons. The quantitative estimate of drug-likeness (QED) is 0.879. The maximum absolute atomic E-state index is 13.4. The molecule has 0 unspecified atom stereocenters. The van der Waals surface area contributed by atoms with E-state index in [1.54, 1.807) is 0 Å². The highest BCUT2D eigenvalue weighted by atomic mass is 19.1. The molecule has 19 heavy (non-hydrogen) atoms. The summed E-state index contributed by atoms with van der Waals surface area (Å²) in [6, 6.07) is 3.14. The maximum Gasteiger partial charge on any atom is 0.305 e. The third-order valence-electron chi connectivity index (χ3n) is 3.37. The van der Waals surface area contributed by atoms with Crippen molar-refractivity contribution in [3.63, 3.8) is 0 Å². The molecular weight excluding hydrogens is 256 g/mol. The smallest absolute Gasteiger partial charge is 0.305 e. The van der Waals surface area contributed by atoms with Crippen LogP contribution in [0.25, 0.3) is 0 Å². The molecule has 0 heterocycles. The lowest BCUT2D eigenvalue weighted by Gasteiger charge is -2.41. The Hall–Kier alpha value is -1.98. The van der Waals surface area contributed by atoms with Gasteiger partial charge in [0.15, 0.2) is 0 Å². The van der Waals surface area contributed by atoms with Crippen molar-refractivity contribution in [1.82, 2.24) is 5.32 Å². The zero-order valence-corrected chi connectivity index (χ0v) is 10.1. The van der Waals surface area contributed by atoms with E-state index < -0.39 is 34.6 Å². The van der Waals surface area contributed by atoms with Crippen LogP contribution in [0.4, 0.5) is 8.78 Å². The fourth-order valence-corrected chi connectivity index (χ4v) is 2.26. The van der Waals surface area contributed by atoms with Gasteiger partial charge in [-0.25, -0.2) is 8.78 Å². The third kappa shape index (κ3) is 2.72. The van der Waals surface area contributed by atoms with Crippen LogP contribution in [-0.2, 0) is 4.79 Å². The Morgan fingerprint density at radius 3 is 2.26 bits per heavy atom. The predicted molar refractivity (Wildman–Crippen MR) is 62.7 cm³/mol. The van der Waals surface area contributed by atoms with Crippen molar-refractivity contribution in [3.05, 3.63) is 35.4 Å². The fourth-order valence-electron chi connectivity index (χ4n) is 2.26. The molecule has 2 N–H and O–H groups in total. The number of nitrogens with one attached hydrogen (secondary N) is 1. The summed E-state index contributed by atoms with van der Waals surface area (Å²) in [6.07, 6.45) is 1.55. The largest absolute Gasteiger partial charge is 0.481 e. The summed E-state index contributed by atoms with van der Waals surface area (Å²) in [6.45, 7) is 0. The predicted octanol–water partition coefficient (Wildman–Crippen LogP) is 2.09. The van der Waals surface area contributed by atoms with Crippen molar-refractivity contribution < 1.29 is 23.5 Å². The average Bonchev–Trinajstić information content (AvgIpc) is 2.25. The molecule has 0 atom stereocenters. The average molecular weight is 269 g/mol. The van der Waals surface area contributed by atoms with Gasteiger partial charge < -0.3 is 10.4 Å². The van der Waals surface area contributed by atoms with Crippen molar-refractivity contribution in [2.75, 3.05) is 0 Å². The summed E-state index contributed by atoms with van der Waals surface area (Å²) in [7, 11) is 0. The minimum atomic E-state index is -1.05. The summed E-state index contributed by atoms with van der Waals surface area (Å²) in [4.78, 5) is 22.7. The first kappa shape index (κ1) is 13.5. The van der Waals surface area contributed by atoms with E-state index in [0.717, 1.165) is 24.6 Å². The Bertz CT molecular complexity index is 506. The van der Waals surface area contributed by atoms with Gasteiger partial charge in [-0.15, -0.1) is 0 Å². The van der Waals surface area contributed by atoms with Gasteiger partial charge in [0.05, 0.1) is 12.0 Å². The second kappa shape index (κ2) is 4.95. The van der Waals surface area contributed by atoms with Crippen LogP contribution in [0.3, 0.4) is 0 Å². The highest BCUT2D eigenvalue weighted by molar-refractivity contribution is 5.95. The van der Waals surface area contributed by atoms with E-state index in [-0.39, 0.29) is 6.42 Å². The van der Waals surface area contributed by atoms with Crippen molar-refractivity contribution in [3.8, 4) is 0 Å². The second-order valence-electron chi connectivity index (χ2n) is 4.76. The highest BCUT2D eigenvalue weighted by Crippen LogP contribution is 2.35. The number of carboxylic acids is 1. The summed E-state index contributed by atoms with van der Waals surface area (Å²) in [5.41, 5.74) is -1.54. The lowest BCUT2D eigenvalue weighted by atomic mass is 9.74. The number of benzene rings is 1. The van der Waals surface area contributed by atoms with Gasteiger partial charge in [0.25, 0.3) is 5.91 Å². The van der Waals surface area contributed by atoms with E-state index in [4.69, 9.17) is 5.11 Å². The number of halogens is 2. The van der Waals surface area contributed by atoms with Crippen molar-refractivity contribution in [1.29, 1.82) is 0 Å². The zero-order valence-electron chi connectivity index (χ0n) is 10.1. The molecule has 2 rings (SSSR count). The lowest BCUT2D eigenvalue weighted by Crippen LogP contribution is -2.54. The molecule has 1 amide bonds. The molecule has 0 radical (unpaired) electrons. The Morgan fingerprint density at radius 1 is 1.26 bits per heavy atom. The molecule has 0 spiro atoms. The summed E-state index contributed by atoms with van der Waals surface area (Å²) in [5.74, 6) is -3.87. The Kier molecular flexibility index (Phi) is 3.50. The Labute approximate surface area is 108 Å². The van der Waals surface area contributed by atoms with E-state index in [2.05, 4.69) is 5.32 Å². The molecule has 6 heteroatoms. The highest BCUT2D eigenvalue weighted by Gasteiger charge is 2.41. The van der Waals surface area contributed by atoms with Crippen LogP contribution in [0.2, 0.25) is 0 Å². The number of carbonyl (C=O) groups excluding carboxylic acids is 1. The molecule has 0 aromatic heterocycles. The summed E-state index contributed by atoms with van der Waals surface area (Å²) < 4.78 is 26.9. The maximum atomic E-state index is 13.4. The monoisotopic (exact) mass is 269 g/mol. The topological polar surface area (TPSA) is 66.4 Å². The van der Waals surface area contributed by atoms with Gasteiger partial charge in [0.1, 0.15) is 17.2 Å². The molecule has 4 nitrogen and oxygen atoms in total. The normalized spacial score (nSPS) is 16.5. The van der Waals surface area contributed by atoms with Crippen LogP contribution in [0.5, 0.6) is 0 Å². The first-order chi connectivity index (χ1) is 8.93. The number of hydrogen-bond acceptors (Lipinski definition) is 2. The molecule has 1 fully saturated rings. The minimum absolute atomic E-state index is 0.241. The van der Waals surface area contributed by atoms with Crippen LogP contribution in [0.15, 0.2) is 18.2 Å². The van der Waals surface area contributed by atoms with Crippen LogP contribution >= 0.6 is 0 Å². The number of rotatable bonds is 4. The van der Waals surface area contributed by atoms with E-state index in [9.17, 15) is 18.4 Å². The van der Waals surface area contributed by atoms with Crippen molar-refractivity contribution in [2.45, 2.75) is 31.2 Å². The molecular formula is C13H13F2NO3. The van der Waals surface area contributed by atoms with Crippen LogP contribution in [0, 0.1) is 11.6 Å². The zero-order chi connectivity index (χ0) is 14.0. The van der Waals surface area contributed by atoms with E-state index in [1.807, 2.05) is 0 Å². The molecule has 0 bridgehead atoms. The number of carbonyl (C=O) groups is 2. The number of amides is 1. The first-order valence-electron chi connectivity index (χ1n) is 5.92. The fraction of sp³-hybridized carbons (Fsp3) is 0.385. The van der Waals surface area contributed by atoms with E-state index >= 15 is 0 Å². The second-order valence-corrected chi connectivity index (χ2v) is 4.76.